The topological polar surface area (TPSA) is 55.6 Å². The number of hydrogen-bond acceptors (Lipinski definition) is 3. The van der Waals surface area contributed by atoms with Gasteiger partial charge >= 0.3 is 6.09 Å². The summed E-state index contributed by atoms with van der Waals surface area (Å²) in [5.74, 6) is 0. The highest BCUT2D eigenvalue weighted by molar-refractivity contribution is 5.89. The average molecular weight is 262 g/mol. The van der Waals surface area contributed by atoms with Crippen LogP contribution in [0.4, 0.5) is 10.5 Å². The number of nitrogens with two attached hydrogens (primary N) is 1. The Labute approximate surface area is 114 Å². The van der Waals surface area contributed by atoms with Gasteiger partial charge in [0.2, 0.25) is 0 Å². The minimum Gasteiger partial charge on any atom is -0.443 e. The second-order valence-electron chi connectivity index (χ2n) is 5.94. The van der Waals surface area contributed by atoms with Crippen LogP contribution in [0.15, 0.2) is 24.3 Å². The van der Waals surface area contributed by atoms with Gasteiger partial charge in [-0.15, -0.1) is 0 Å². The molecule has 104 valence electrons. The zero-order chi connectivity index (χ0) is 14.0. The Morgan fingerprint density at radius 2 is 2.05 bits per heavy atom. The van der Waals surface area contributed by atoms with Crippen molar-refractivity contribution in [1.29, 1.82) is 0 Å². The molecule has 0 spiro atoms. The van der Waals surface area contributed by atoms with Crippen LogP contribution >= 0.6 is 0 Å². The Hall–Kier alpha value is -1.55. The Morgan fingerprint density at radius 3 is 2.74 bits per heavy atom. The predicted octanol–water partition coefficient (Wildman–Crippen LogP) is 3.22. The number of hydrogen-bond donors (Lipinski definition) is 1. The molecule has 2 N–H and O–H groups in total. The molecule has 0 saturated heterocycles. The number of anilines is 1. The maximum Gasteiger partial charge on any atom is 0.414 e. The Bertz CT molecular complexity index is 465. The molecular weight excluding hydrogens is 240 g/mol. The van der Waals surface area contributed by atoms with E-state index in [1.807, 2.05) is 45.0 Å². The number of ether oxygens (including phenoxy) is 1. The van der Waals surface area contributed by atoms with Gasteiger partial charge in [-0.25, -0.2) is 4.79 Å². The number of carbonyl (C=O) groups excluding carboxylic acids is 1. The molecule has 0 aromatic heterocycles. The van der Waals surface area contributed by atoms with Gasteiger partial charge in [-0.3, -0.25) is 4.90 Å². The largest absolute Gasteiger partial charge is 0.443 e. The number of carbonyl (C=O) groups is 1. The molecule has 0 saturated carbocycles. The predicted molar refractivity (Wildman–Crippen MR) is 76.2 cm³/mol. The molecule has 1 aromatic carbocycles. The molecule has 4 nitrogen and oxygen atoms in total. The zero-order valence-electron chi connectivity index (χ0n) is 11.8. The molecule has 0 unspecified atom stereocenters. The van der Waals surface area contributed by atoms with E-state index in [4.69, 9.17) is 10.5 Å². The lowest BCUT2D eigenvalue weighted by atomic mass is 10.0. The van der Waals surface area contributed by atoms with Crippen LogP contribution in [-0.4, -0.2) is 18.2 Å². The summed E-state index contributed by atoms with van der Waals surface area (Å²) in [4.78, 5) is 14.0. The second kappa shape index (κ2) is 5.21. The molecule has 0 bridgehead atoms. The molecule has 1 heterocycles. The van der Waals surface area contributed by atoms with E-state index >= 15 is 0 Å². The van der Waals surface area contributed by atoms with E-state index in [9.17, 15) is 4.79 Å². The summed E-state index contributed by atoms with van der Waals surface area (Å²) in [5.41, 5.74) is 7.57. The van der Waals surface area contributed by atoms with Gasteiger partial charge in [0.15, 0.2) is 0 Å². The van der Waals surface area contributed by atoms with Crippen LogP contribution in [0.25, 0.3) is 0 Å². The molecule has 0 aliphatic carbocycles. The number of para-hydroxylation sites is 1. The van der Waals surface area contributed by atoms with Gasteiger partial charge in [-0.2, -0.15) is 0 Å². The molecule has 2 rings (SSSR count). The third kappa shape index (κ3) is 3.26. The summed E-state index contributed by atoms with van der Waals surface area (Å²) in [6.07, 6.45) is 1.47. The number of rotatable bonds is 0. The zero-order valence-corrected chi connectivity index (χ0v) is 11.8. The van der Waals surface area contributed by atoms with Gasteiger partial charge in [0.25, 0.3) is 0 Å². The first kappa shape index (κ1) is 13.9. The van der Waals surface area contributed by atoms with Crippen molar-refractivity contribution in [3.63, 3.8) is 0 Å². The first-order valence-electron chi connectivity index (χ1n) is 6.73. The molecule has 1 aromatic rings. The lowest BCUT2D eigenvalue weighted by molar-refractivity contribution is 0.0580. The van der Waals surface area contributed by atoms with Gasteiger partial charge in [0.1, 0.15) is 5.60 Å². The standard InChI is InChI=1S/C15H22N2O2/c1-15(2,3)19-14(18)17-10-6-8-12(16)11-7-4-5-9-13(11)17/h4-5,7,9,12H,6,8,10,16H2,1-3H3/t12-/m1/s1. The van der Waals surface area contributed by atoms with E-state index < -0.39 is 5.60 Å². The maximum absolute atomic E-state index is 12.3. The molecule has 19 heavy (non-hydrogen) atoms. The molecular formula is C15H22N2O2. The molecule has 0 fully saturated rings. The first-order chi connectivity index (χ1) is 8.88. The van der Waals surface area contributed by atoms with Gasteiger partial charge in [-0.05, 0) is 45.2 Å². The lowest BCUT2D eigenvalue weighted by Crippen LogP contribution is -2.37. The SMILES string of the molecule is CC(C)(C)OC(=O)N1CCC[C@@H](N)c2ccccc21. The number of nitrogens with zero attached hydrogens (tertiary/aromatic N) is 1. The highest BCUT2D eigenvalue weighted by atomic mass is 16.6. The van der Waals surface area contributed by atoms with Crippen molar-refractivity contribution in [3.8, 4) is 0 Å². The summed E-state index contributed by atoms with van der Waals surface area (Å²) < 4.78 is 5.47. The molecule has 1 aliphatic rings. The van der Waals surface area contributed by atoms with Gasteiger partial charge in [0.05, 0.1) is 5.69 Å². The fraction of sp³-hybridized carbons (Fsp3) is 0.533. The first-order valence-corrected chi connectivity index (χ1v) is 6.73. The Morgan fingerprint density at radius 1 is 1.37 bits per heavy atom. The molecule has 4 heteroatoms. The Balaban J connectivity index is 2.31. The van der Waals surface area contributed by atoms with Crippen molar-refractivity contribution in [1.82, 2.24) is 0 Å². The molecule has 1 aliphatic heterocycles. The van der Waals surface area contributed by atoms with Crippen LogP contribution in [0.3, 0.4) is 0 Å². The third-order valence-corrected chi connectivity index (χ3v) is 3.14. The van der Waals surface area contributed by atoms with Crippen molar-refractivity contribution in [2.45, 2.75) is 45.3 Å². The molecule has 0 radical (unpaired) electrons. The highest BCUT2D eigenvalue weighted by Crippen LogP contribution is 2.32. The summed E-state index contributed by atoms with van der Waals surface area (Å²) in [6.45, 7) is 6.28. The van der Waals surface area contributed by atoms with E-state index in [2.05, 4.69) is 0 Å². The fourth-order valence-electron chi connectivity index (χ4n) is 2.30. The number of amides is 1. The lowest BCUT2D eigenvalue weighted by Gasteiger charge is -2.27. The quantitative estimate of drug-likeness (QED) is 0.781. The van der Waals surface area contributed by atoms with Crippen LogP contribution in [0, 0.1) is 0 Å². The van der Waals surface area contributed by atoms with E-state index in [-0.39, 0.29) is 12.1 Å². The third-order valence-electron chi connectivity index (χ3n) is 3.14. The van der Waals surface area contributed by atoms with E-state index in [0.717, 1.165) is 24.1 Å². The Kier molecular flexibility index (Phi) is 3.80. The average Bonchev–Trinajstić information content (AvgIpc) is 2.47. The van der Waals surface area contributed by atoms with Crippen molar-refractivity contribution in [2.24, 2.45) is 5.73 Å². The van der Waals surface area contributed by atoms with Crippen molar-refractivity contribution in [3.05, 3.63) is 29.8 Å². The van der Waals surface area contributed by atoms with Crippen LogP contribution in [0.1, 0.15) is 45.2 Å². The van der Waals surface area contributed by atoms with Gasteiger partial charge in [0, 0.05) is 12.6 Å². The summed E-state index contributed by atoms with van der Waals surface area (Å²) in [7, 11) is 0. The summed E-state index contributed by atoms with van der Waals surface area (Å²) >= 11 is 0. The van der Waals surface area contributed by atoms with Crippen LogP contribution < -0.4 is 10.6 Å². The minimum atomic E-state index is -0.486. The summed E-state index contributed by atoms with van der Waals surface area (Å²) in [6, 6.07) is 7.79. The van der Waals surface area contributed by atoms with Crippen LogP contribution in [-0.2, 0) is 4.74 Å². The van der Waals surface area contributed by atoms with Crippen molar-refractivity contribution in [2.75, 3.05) is 11.4 Å². The van der Waals surface area contributed by atoms with E-state index in [1.54, 1.807) is 4.90 Å². The van der Waals surface area contributed by atoms with Crippen molar-refractivity contribution < 1.29 is 9.53 Å². The van der Waals surface area contributed by atoms with Gasteiger partial charge < -0.3 is 10.5 Å². The fourth-order valence-corrected chi connectivity index (χ4v) is 2.30. The van der Waals surface area contributed by atoms with Crippen LogP contribution in [0.5, 0.6) is 0 Å². The minimum absolute atomic E-state index is 0.0105. The number of fused-ring (bicyclic) bond motifs is 1. The smallest absolute Gasteiger partial charge is 0.414 e. The van der Waals surface area contributed by atoms with Gasteiger partial charge in [-0.1, -0.05) is 18.2 Å². The van der Waals surface area contributed by atoms with Crippen LogP contribution in [0.2, 0.25) is 0 Å². The second-order valence-corrected chi connectivity index (χ2v) is 5.94. The molecule has 1 atom stereocenters. The number of benzene rings is 1. The summed E-state index contributed by atoms with van der Waals surface area (Å²) in [5, 5.41) is 0. The van der Waals surface area contributed by atoms with Crippen molar-refractivity contribution >= 4 is 11.8 Å². The normalized spacial score (nSPS) is 19.6. The monoisotopic (exact) mass is 262 g/mol. The van der Waals surface area contributed by atoms with E-state index in [0.29, 0.717) is 6.54 Å². The maximum atomic E-state index is 12.3. The molecule has 1 amide bonds. The van der Waals surface area contributed by atoms with E-state index in [1.165, 1.54) is 0 Å². The highest BCUT2D eigenvalue weighted by Gasteiger charge is 2.28.